The number of carbonyl (C=O) groups excluding carboxylic acids is 1. The molecular weight excluding hydrogens is 294 g/mol. The maximum Gasteiger partial charge on any atom is 0.224 e. The molecule has 1 heterocycles. The van der Waals surface area contributed by atoms with E-state index in [0.29, 0.717) is 6.42 Å². The van der Waals surface area contributed by atoms with Crippen molar-refractivity contribution in [3.63, 3.8) is 0 Å². The summed E-state index contributed by atoms with van der Waals surface area (Å²) in [4.78, 5) is 16.9. The van der Waals surface area contributed by atoms with Gasteiger partial charge in [0.1, 0.15) is 0 Å². The molecule has 1 aromatic carbocycles. The summed E-state index contributed by atoms with van der Waals surface area (Å²) in [5.41, 5.74) is 2.04. The number of rotatable bonds is 6. The Morgan fingerprint density at radius 1 is 1.23 bits per heavy atom. The highest BCUT2D eigenvalue weighted by molar-refractivity contribution is 7.11. The van der Waals surface area contributed by atoms with Gasteiger partial charge in [-0.1, -0.05) is 19.1 Å². The second kappa shape index (κ2) is 7.51. The first-order valence-corrected chi connectivity index (χ1v) is 8.39. The van der Waals surface area contributed by atoms with Gasteiger partial charge in [0.25, 0.3) is 0 Å². The highest BCUT2D eigenvalue weighted by atomic mass is 32.1. The fourth-order valence-corrected chi connectivity index (χ4v) is 3.03. The summed E-state index contributed by atoms with van der Waals surface area (Å²) in [6, 6.07) is 8.49. The molecule has 22 heavy (non-hydrogen) atoms. The number of anilines is 1. The Balaban J connectivity index is 1.97. The Hall–Kier alpha value is -1.72. The molecule has 2 rings (SSSR count). The van der Waals surface area contributed by atoms with E-state index in [1.54, 1.807) is 11.3 Å². The molecule has 2 atom stereocenters. The number of nitrogens with one attached hydrogen (secondary N) is 2. The summed E-state index contributed by atoms with van der Waals surface area (Å²) in [7, 11) is 0. The van der Waals surface area contributed by atoms with Crippen molar-refractivity contribution in [2.45, 2.75) is 46.2 Å². The van der Waals surface area contributed by atoms with Crippen molar-refractivity contribution in [1.82, 2.24) is 10.3 Å². The molecule has 0 saturated carbocycles. The van der Waals surface area contributed by atoms with Crippen molar-refractivity contribution in [3.8, 4) is 0 Å². The Bertz CT molecular complexity index is 621. The molecule has 0 spiro atoms. The van der Waals surface area contributed by atoms with Crippen molar-refractivity contribution in [2.24, 2.45) is 0 Å². The van der Waals surface area contributed by atoms with Crippen molar-refractivity contribution >= 4 is 22.9 Å². The molecule has 5 heteroatoms. The minimum atomic E-state index is 0.0353. The van der Waals surface area contributed by atoms with Gasteiger partial charge in [0.2, 0.25) is 5.91 Å². The molecule has 0 aliphatic carbocycles. The summed E-state index contributed by atoms with van der Waals surface area (Å²) in [6.07, 6.45) is 2.43. The molecule has 0 aliphatic heterocycles. The van der Waals surface area contributed by atoms with Gasteiger partial charge in [-0.15, -0.1) is 11.3 Å². The number of amides is 1. The molecule has 4 nitrogen and oxygen atoms in total. The average Bonchev–Trinajstić information content (AvgIpc) is 2.94. The van der Waals surface area contributed by atoms with E-state index in [1.807, 2.05) is 44.3 Å². The van der Waals surface area contributed by atoms with Crippen LogP contribution in [-0.4, -0.2) is 10.9 Å². The van der Waals surface area contributed by atoms with Crippen molar-refractivity contribution in [1.29, 1.82) is 0 Å². The second-order valence-corrected chi connectivity index (χ2v) is 6.68. The zero-order valence-corrected chi connectivity index (χ0v) is 14.3. The molecule has 0 aliphatic rings. The molecule has 0 saturated heterocycles. The largest absolute Gasteiger partial charge is 0.326 e. The van der Waals surface area contributed by atoms with Crippen LogP contribution in [0, 0.1) is 6.92 Å². The third-order valence-electron chi connectivity index (χ3n) is 3.58. The summed E-state index contributed by atoms with van der Waals surface area (Å²) < 4.78 is 0. The normalized spacial score (nSPS) is 13.6. The second-order valence-electron chi connectivity index (χ2n) is 5.42. The molecule has 118 valence electrons. The predicted molar refractivity (Wildman–Crippen MR) is 92.2 cm³/mol. The Labute approximate surface area is 136 Å². The monoisotopic (exact) mass is 317 g/mol. The van der Waals surface area contributed by atoms with Gasteiger partial charge in [-0.3, -0.25) is 4.79 Å². The average molecular weight is 317 g/mol. The first-order chi connectivity index (χ1) is 10.5. The molecule has 2 N–H and O–H groups in total. The standard InChI is InChI=1S/C17H23N3OS/c1-5-17(21)20-15-8-6-14(7-9-15)11(2)19-12(3)16-10-18-13(4)22-16/h6-12,19H,5H2,1-4H3,(H,20,21). The minimum absolute atomic E-state index is 0.0353. The van der Waals surface area contributed by atoms with Crippen LogP contribution in [0.5, 0.6) is 0 Å². The van der Waals surface area contributed by atoms with E-state index in [4.69, 9.17) is 0 Å². The fourth-order valence-electron chi connectivity index (χ4n) is 2.24. The van der Waals surface area contributed by atoms with Crippen molar-refractivity contribution < 1.29 is 4.79 Å². The number of carbonyl (C=O) groups is 1. The Morgan fingerprint density at radius 3 is 2.45 bits per heavy atom. The van der Waals surface area contributed by atoms with Gasteiger partial charge in [0, 0.05) is 35.3 Å². The van der Waals surface area contributed by atoms with Crippen molar-refractivity contribution in [2.75, 3.05) is 5.32 Å². The molecule has 0 bridgehead atoms. The lowest BCUT2D eigenvalue weighted by molar-refractivity contribution is -0.115. The maximum atomic E-state index is 11.4. The number of hydrogen-bond acceptors (Lipinski definition) is 4. The Kier molecular flexibility index (Phi) is 5.69. The van der Waals surface area contributed by atoms with Crippen LogP contribution in [0.15, 0.2) is 30.5 Å². The lowest BCUT2D eigenvalue weighted by atomic mass is 10.1. The Morgan fingerprint density at radius 2 is 1.91 bits per heavy atom. The third-order valence-corrected chi connectivity index (χ3v) is 4.68. The van der Waals surface area contributed by atoms with E-state index in [1.165, 1.54) is 10.4 Å². The smallest absolute Gasteiger partial charge is 0.224 e. The van der Waals surface area contributed by atoms with Crippen LogP contribution in [0.2, 0.25) is 0 Å². The number of benzene rings is 1. The van der Waals surface area contributed by atoms with Gasteiger partial charge in [0.15, 0.2) is 0 Å². The van der Waals surface area contributed by atoms with Crippen LogP contribution in [-0.2, 0) is 4.79 Å². The lowest BCUT2D eigenvalue weighted by Gasteiger charge is -2.19. The van der Waals surface area contributed by atoms with Gasteiger partial charge >= 0.3 is 0 Å². The van der Waals surface area contributed by atoms with E-state index in [0.717, 1.165) is 10.7 Å². The first-order valence-electron chi connectivity index (χ1n) is 7.57. The zero-order chi connectivity index (χ0) is 16.1. The topological polar surface area (TPSA) is 54.0 Å². The van der Waals surface area contributed by atoms with Gasteiger partial charge in [0.05, 0.1) is 5.01 Å². The van der Waals surface area contributed by atoms with Crippen LogP contribution in [0.1, 0.15) is 54.7 Å². The summed E-state index contributed by atoms with van der Waals surface area (Å²) in [5, 5.41) is 7.53. The summed E-state index contributed by atoms with van der Waals surface area (Å²) in [6.45, 7) is 8.16. The predicted octanol–water partition coefficient (Wildman–Crippen LogP) is 4.21. The third kappa shape index (κ3) is 4.39. The highest BCUT2D eigenvalue weighted by Gasteiger charge is 2.13. The van der Waals surface area contributed by atoms with Gasteiger partial charge in [-0.05, 0) is 38.5 Å². The van der Waals surface area contributed by atoms with Crippen LogP contribution in [0.3, 0.4) is 0 Å². The van der Waals surface area contributed by atoms with Crippen LogP contribution in [0.25, 0.3) is 0 Å². The molecule has 2 aromatic rings. The van der Waals surface area contributed by atoms with E-state index in [-0.39, 0.29) is 18.0 Å². The number of thiazole rings is 1. The molecule has 0 fully saturated rings. The quantitative estimate of drug-likeness (QED) is 0.839. The zero-order valence-electron chi connectivity index (χ0n) is 13.5. The van der Waals surface area contributed by atoms with E-state index >= 15 is 0 Å². The SMILES string of the molecule is CCC(=O)Nc1ccc(C(C)NC(C)c2cnc(C)s2)cc1. The van der Waals surface area contributed by atoms with Crippen LogP contribution in [0.4, 0.5) is 5.69 Å². The molecule has 1 aromatic heterocycles. The minimum Gasteiger partial charge on any atom is -0.326 e. The van der Waals surface area contributed by atoms with Crippen LogP contribution < -0.4 is 10.6 Å². The van der Waals surface area contributed by atoms with Gasteiger partial charge < -0.3 is 10.6 Å². The van der Waals surface area contributed by atoms with Gasteiger partial charge in [-0.2, -0.15) is 0 Å². The number of aryl methyl sites for hydroxylation is 1. The van der Waals surface area contributed by atoms with E-state index in [9.17, 15) is 4.79 Å². The lowest BCUT2D eigenvalue weighted by Crippen LogP contribution is -2.21. The fraction of sp³-hybridized carbons (Fsp3) is 0.412. The summed E-state index contributed by atoms with van der Waals surface area (Å²) >= 11 is 1.72. The molecule has 1 amide bonds. The summed E-state index contributed by atoms with van der Waals surface area (Å²) in [5.74, 6) is 0.0353. The van der Waals surface area contributed by atoms with Crippen LogP contribution >= 0.6 is 11.3 Å². The van der Waals surface area contributed by atoms with Crippen molar-refractivity contribution in [3.05, 3.63) is 45.9 Å². The number of nitrogens with zero attached hydrogens (tertiary/aromatic N) is 1. The maximum absolute atomic E-state index is 11.4. The molecule has 0 radical (unpaired) electrons. The van der Waals surface area contributed by atoms with E-state index in [2.05, 4.69) is 29.5 Å². The van der Waals surface area contributed by atoms with E-state index < -0.39 is 0 Å². The molecule has 2 unspecified atom stereocenters. The highest BCUT2D eigenvalue weighted by Crippen LogP contribution is 2.24. The number of hydrogen-bond donors (Lipinski definition) is 2. The molecular formula is C17H23N3OS. The number of aromatic nitrogens is 1. The first kappa shape index (κ1) is 16.6. The van der Waals surface area contributed by atoms with Gasteiger partial charge in [-0.25, -0.2) is 4.98 Å².